The van der Waals surface area contributed by atoms with E-state index in [-0.39, 0.29) is 23.8 Å². The maximum absolute atomic E-state index is 12.7. The first-order valence-electron chi connectivity index (χ1n) is 10.5. The predicted molar refractivity (Wildman–Crippen MR) is 145 cm³/mol. The first-order valence-corrected chi connectivity index (χ1v) is 12.4. The molecule has 1 N–H and O–H groups in total. The van der Waals surface area contributed by atoms with Gasteiger partial charge in [0.15, 0.2) is 5.17 Å². The number of non-ortho nitro benzene ring substituents is 1. The van der Waals surface area contributed by atoms with Gasteiger partial charge in [0.05, 0.1) is 24.6 Å². The molecule has 36 heavy (non-hydrogen) atoms. The Balaban J connectivity index is 1.45. The zero-order valence-corrected chi connectivity index (χ0v) is 21.7. The van der Waals surface area contributed by atoms with Crippen LogP contribution in [0.15, 0.2) is 76.6 Å². The Kier molecular flexibility index (Phi) is 7.70. The number of aromatic carboxylic acids is 1. The van der Waals surface area contributed by atoms with Crippen molar-refractivity contribution in [3.05, 3.63) is 102 Å². The van der Waals surface area contributed by atoms with Crippen LogP contribution in [0.4, 0.5) is 11.4 Å². The van der Waals surface area contributed by atoms with E-state index in [9.17, 15) is 19.7 Å². The molecule has 0 aliphatic carbocycles. The zero-order valence-electron chi connectivity index (χ0n) is 18.8. The lowest BCUT2D eigenvalue weighted by Gasteiger charge is -2.09. The summed E-state index contributed by atoms with van der Waals surface area (Å²) in [7, 11) is 1.64. The molecule has 1 saturated heterocycles. The van der Waals surface area contributed by atoms with Crippen LogP contribution in [-0.2, 0) is 11.4 Å². The standard InChI is InChI=1S/C25H18IN3O6S/c1-28-23(30)22(36-25(28)27-18-7-5-17(6-8-18)24(31)32)13-16-4-11-21(20(26)12-16)35-14-15-2-9-19(10-3-15)29(33)34/h2-13H,14H2,1H3,(H,31,32)/b22-13-,27-25?. The number of ether oxygens (including phenoxy) is 1. The second kappa shape index (κ2) is 10.9. The van der Waals surface area contributed by atoms with Gasteiger partial charge in [-0.15, -0.1) is 0 Å². The highest BCUT2D eigenvalue weighted by molar-refractivity contribution is 14.1. The smallest absolute Gasteiger partial charge is 0.335 e. The Bertz CT molecular complexity index is 1400. The number of rotatable bonds is 7. The van der Waals surface area contributed by atoms with Crippen molar-refractivity contribution in [2.24, 2.45) is 4.99 Å². The Morgan fingerprint density at radius 3 is 2.47 bits per heavy atom. The van der Waals surface area contributed by atoms with Crippen LogP contribution in [0.3, 0.4) is 0 Å². The number of thioether (sulfide) groups is 1. The van der Waals surface area contributed by atoms with Crippen LogP contribution in [0.2, 0.25) is 0 Å². The summed E-state index contributed by atoms with van der Waals surface area (Å²) in [5, 5.41) is 20.3. The number of carbonyl (C=O) groups excluding carboxylic acids is 1. The summed E-state index contributed by atoms with van der Waals surface area (Å²) >= 11 is 3.39. The van der Waals surface area contributed by atoms with Crippen molar-refractivity contribution < 1.29 is 24.4 Å². The molecule has 0 spiro atoms. The van der Waals surface area contributed by atoms with Crippen molar-refractivity contribution in [3.8, 4) is 5.75 Å². The molecule has 0 saturated carbocycles. The molecule has 0 atom stereocenters. The first kappa shape index (κ1) is 25.4. The largest absolute Gasteiger partial charge is 0.488 e. The molecule has 9 nitrogen and oxygen atoms in total. The lowest BCUT2D eigenvalue weighted by molar-refractivity contribution is -0.384. The van der Waals surface area contributed by atoms with Crippen LogP contribution in [0, 0.1) is 13.7 Å². The molecule has 11 heteroatoms. The van der Waals surface area contributed by atoms with E-state index in [4.69, 9.17) is 9.84 Å². The van der Waals surface area contributed by atoms with E-state index >= 15 is 0 Å². The number of nitro groups is 1. The molecule has 182 valence electrons. The Hall–Kier alpha value is -3.71. The monoisotopic (exact) mass is 615 g/mol. The van der Waals surface area contributed by atoms with Crippen LogP contribution in [-0.4, -0.2) is 39.0 Å². The van der Waals surface area contributed by atoms with Crippen LogP contribution in [0.25, 0.3) is 6.08 Å². The number of carboxylic acid groups (broad SMARTS) is 1. The topological polar surface area (TPSA) is 122 Å². The van der Waals surface area contributed by atoms with E-state index in [1.807, 2.05) is 18.2 Å². The molecule has 4 rings (SSSR count). The third-order valence-electron chi connectivity index (χ3n) is 5.14. The molecule has 1 amide bonds. The van der Waals surface area contributed by atoms with Crippen molar-refractivity contribution in [2.75, 3.05) is 7.05 Å². The summed E-state index contributed by atoms with van der Waals surface area (Å²) in [6.45, 7) is 0.265. The maximum Gasteiger partial charge on any atom is 0.335 e. The molecule has 0 bridgehead atoms. The molecule has 0 aromatic heterocycles. The van der Waals surface area contributed by atoms with Crippen molar-refractivity contribution in [1.29, 1.82) is 0 Å². The number of hydrogen-bond acceptors (Lipinski definition) is 7. The number of likely N-dealkylation sites (N-methyl/N-ethyl adjacent to an activating group) is 1. The van der Waals surface area contributed by atoms with Crippen molar-refractivity contribution >= 4 is 68.8 Å². The Morgan fingerprint density at radius 2 is 1.86 bits per heavy atom. The second-order valence-electron chi connectivity index (χ2n) is 7.62. The highest BCUT2D eigenvalue weighted by Crippen LogP contribution is 2.34. The van der Waals surface area contributed by atoms with Crippen LogP contribution < -0.4 is 4.74 Å². The first-order chi connectivity index (χ1) is 17.2. The van der Waals surface area contributed by atoms with E-state index in [1.54, 1.807) is 37.4 Å². The van der Waals surface area contributed by atoms with Gasteiger partial charge in [-0.25, -0.2) is 9.79 Å². The number of amidine groups is 1. The number of carboxylic acids is 1. The van der Waals surface area contributed by atoms with Gasteiger partial charge in [0, 0.05) is 19.2 Å². The van der Waals surface area contributed by atoms with Gasteiger partial charge in [-0.05, 0) is 100 Å². The van der Waals surface area contributed by atoms with Gasteiger partial charge in [-0.3, -0.25) is 19.8 Å². The second-order valence-corrected chi connectivity index (χ2v) is 9.79. The normalized spacial score (nSPS) is 15.5. The number of amides is 1. The number of aliphatic imine (C=N–C) groups is 1. The fourth-order valence-electron chi connectivity index (χ4n) is 3.19. The number of nitrogens with zero attached hydrogens (tertiary/aromatic N) is 3. The zero-order chi connectivity index (χ0) is 25.8. The van der Waals surface area contributed by atoms with Crippen molar-refractivity contribution in [3.63, 3.8) is 0 Å². The SMILES string of the molecule is CN1C(=O)/C(=C/c2ccc(OCc3ccc([N+](=O)[O-])cc3)c(I)c2)SC1=Nc1ccc(C(=O)O)cc1. The number of benzene rings is 3. The van der Waals surface area contributed by atoms with Gasteiger partial charge in [0.25, 0.3) is 11.6 Å². The molecule has 1 heterocycles. The maximum atomic E-state index is 12.7. The molecule has 3 aromatic rings. The van der Waals surface area contributed by atoms with Crippen molar-refractivity contribution in [2.45, 2.75) is 6.61 Å². The number of carbonyl (C=O) groups is 2. The molecular formula is C25H18IN3O6S. The average molecular weight is 615 g/mol. The molecule has 3 aromatic carbocycles. The fourth-order valence-corrected chi connectivity index (χ4v) is 4.87. The molecule has 1 fully saturated rings. The summed E-state index contributed by atoms with van der Waals surface area (Å²) in [4.78, 5) is 40.5. The molecule has 0 unspecified atom stereocenters. The summed E-state index contributed by atoms with van der Waals surface area (Å²) in [5.74, 6) is -0.542. The van der Waals surface area contributed by atoms with Gasteiger partial charge >= 0.3 is 5.97 Å². The van der Waals surface area contributed by atoms with Crippen LogP contribution in [0.1, 0.15) is 21.5 Å². The van der Waals surface area contributed by atoms with E-state index in [2.05, 4.69) is 27.6 Å². The van der Waals surface area contributed by atoms with Gasteiger partial charge < -0.3 is 9.84 Å². The number of nitro benzene ring substituents is 1. The van der Waals surface area contributed by atoms with Gasteiger partial charge in [-0.1, -0.05) is 6.07 Å². The minimum atomic E-state index is -1.01. The lowest BCUT2D eigenvalue weighted by Crippen LogP contribution is -2.23. The summed E-state index contributed by atoms with van der Waals surface area (Å²) in [6.07, 6.45) is 1.78. The fraction of sp³-hybridized carbons (Fsp3) is 0.0800. The van der Waals surface area contributed by atoms with Crippen LogP contribution in [0.5, 0.6) is 5.75 Å². The van der Waals surface area contributed by atoms with E-state index in [0.29, 0.717) is 21.5 Å². The highest BCUT2D eigenvalue weighted by Gasteiger charge is 2.30. The predicted octanol–water partition coefficient (Wildman–Crippen LogP) is 5.71. The lowest BCUT2D eigenvalue weighted by atomic mass is 10.2. The number of halogens is 1. The van der Waals surface area contributed by atoms with E-state index in [1.165, 1.54) is 40.9 Å². The summed E-state index contributed by atoms with van der Waals surface area (Å²) in [6, 6.07) is 17.9. The molecule has 1 aliphatic rings. The van der Waals surface area contributed by atoms with Crippen molar-refractivity contribution in [1.82, 2.24) is 4.90 Å². The third kappa shape index (κ3) is 5.91. The van der Waals surface area contributed by atoms with Gasteiger partial charge in [0.1, 0.15) is 12.4 Å². The Morgan fingerprint density at radius 1 is 1.17 bits per heavy atom. The summed E-state index contributed by atoms with van der Waals surface area (Å²) in [5.41, 5.74) is 2.37. The third-order valence-corrected chi connectivity index (χ3v) is 7.04. The van der Waals surface area contributed by atoms with Gasteiger partial charge in [-0.2, -0.15) is 0 Å². The van der Waals surface area contributed by atoms with E-state index in [0.717, 1.165) is 14.7 Å². The minimum Gasteiger partial charge on any atom is -0.488 e. The molecular weight excluding hydrogens is 597 g/mol. The summed E-state index contributed by atoms with van der Waals surface area (Å²) < 4.78 is 6.71. The highest BCUT2D eigenvalue weighted by atomic mass is 127. The quantitative estimate of drug-likeness (QED) is 0.156. The van der Waals surface area contributed by atoms with E-state index < -0.39 is 10.9 Å². The average Bonchev–Trinajstić information content (AvgIpc) is 3.11. The molecule has 1 aliphatic heterocycles. The number of hydrogen-bond donors (Lipinski definition) is 1. The molecule has 0 radical (unpaired) electrons. The minimum absolute atomic E-state index is 0.0278. The van der Waals surface area contributed by atoms with Crippen LogP contribution >= 0.6 is 34.4 Å². The Labute approximate surface area is 223 Å². The van der Waals surface area contributed by atoms with Gasteiger partial charge in [0.2, 0.25) is 0 Å².